The van der Waals surface area contributed by atoms with Crippen molar-refractivity contribution in [2.45, 2.75) is 37.7 Å². The number of nitrogens with two attached hydrogens (primary N) is 1. The summed E-state index contributed by atoms with van der Waals surface area (Å²) in [5, 5.41) is 0. The monoisotopic (exact) mass is 406 g/mol. The standard InChI is InChI=1S/C22H26N6O2/c23-22-26-6-5-18(27-22)15-1-3-17(4-2-15)30-20-14-16(28-9-11-29-12-10-28)13-19-21(20)25-8-7-24-19/h5-8,13-15,17H,1-4,9-12H2,(H2,23,26,27)/t15-,17+. The van der Waals surface area contributed by atoms with E-state index in [1.165, 1.54) is 0 Å². The molecule has 2 aromatic heterocycles. The average Bonchev–Trinajstić information content (AvgIpc) is 2.80. The van der Waals surface area contributed by atoms with Gasteiger partial charge in [-0.25, -0.2) is 15.0 Å². The smallest absolute Gasteiger partial charge is 0.220 e. The van der Waals surface area contributed by atoms with E-state index in [1.54, 1.807) is 18.6 Å². The van der Waals surface area contributed by atoms with Crippen LogP contribution in [0, 0.1) is 0 Å². The first-order valence-electron chi connectivity index (χ1n) is 10.6. The lowest BCUT2D eigenvalue weighted by molar-refractivity contribution is 0.122. The van der Waals surface area contributed by atoms with E-state index in [1.807, 2.05) is 6.07 Å². The van der Waals surface area contributed by atoms with Crippen LogP contribution in [0.5, 0.6) is 5.75 Å². The van der Waals surface area contributed by atoms with Gasteiger partial charge in [0.2, 0.25) is 5.95 Å². The number of aromatic nitrogens is 4. The van der Waals surface area contributed by atoms with Crippen LogP contribution < -0.4 is 15.4 Å². The normalized spacial score (nSPS) is 22.2. The Balaban J connectivity index is 1.33. The number of benzene rings is 1. The number of rotatable bonds is 4. The molecule has 0 atom stereocenters. The predicted octanol–water partition coefficient (Wildman–Crippen LogP) is 2.94. The van der Waals surface area contributed by atoms with Crippen molar-refractivity contribution in [1.82, 2.24) is 19.9 Å². The maximum atomic E-state index is 6.49. The molecule has 0 unspecified atom stereocenters. The summed E-state index contributed by atoms with van der Waals surface area (Å²) >= 11 is 0. The van der Waals surface area contributed by atoms with Crippen LogP contribution in [-0.4, -0.2) is 52.3 Å². The van der Waals surface area contributed by atoms with Crippen LogP contribution in [0.4, 0.5) is 11.6 Å². The number of fused-ring (bicyclic) bond motifs is 1. The minimum Gasteiger partial charge on any atom is -0.488 e. The first kappa shape index (κ1) is 19.0. The third-order valence-electron chi connectivity index (χ3n) is 5.98. The maximum Gasteiger partial charge on any atom is 0.220 e. The minimum absolute atomic E-state index is 0.158. The Morgan fingerprint density at radius 1 is 0.967 bits per heavy atom. The van der Waals surface area contributed by atoms with Gasteiger partial charge in [-0.15, -0.1) is 0 Å². The van der Waals surface area contributed by atoms with Gasteiger partial charge in [0, 0.05) is 55.0 Å². The summed E-state index contributed by atoms with van der Waals surface area (Å²) in [5.74, 6) is 1.57. The second-order valence-corrected chi connectivity index (χ2v) is 7.90. The second kappa shape index (κ2) is 8.39. The van der Waals surface area contributed by atoms with Crippen molar-refractivity contribution in [2.24, 2.45) is 0 Å². The molecule has 8 heteroatoms. The van der Waals surface area contributed by atoms with Crippen LogP contribution in [-0.2, 0) is 4.74 Å². The van der Waals surface area contributed by atoms with Crippen molar-refractivity contribution < 1.29 is 9.47 Å². The fraction of sp³-hybridized carbons (Fsp3) is 0.455. The highest BCUT2D eigenvalue weighted by Crippen LogP contribution is 2.36. The first-order chi connectivity index (χ1) is 14.8. The molecule has 0 spiro atoms. The number of ether oxygens (including phenoxy) is 2. The van der Waals surface area contributed by atoms with Crippen LogP contribution in [0.25, 0.3) is 11.0 Å². The van der Waals surface area contributed by atoms with Gasteiger partial charge in [-0.1, -0.05) is 0 Å². The van der Waals surface area contributed by atoms with Gasteiger partial charge in [-0.05, 0) is 37.8 Å². The average molecular weight is 406 g/mol. The molecule has 1 aliphatic heterocycles. The molecule has 3 heterocycles. The van der Waals surface area contributed by atoms with E-state index in [-0.39, 0.29) is 6.10 Å². The minimum atomic E-state index is 0.158. The van der Waals surface area contributed by atoms with E-state index in [0.717, 1.165) is 80.2 Å². The molecule has 2 N–H and O–H groups in total. The number of hydrogen-bond donors (Lipinski definition) is 1. The van der Waals surface area contributed by atoms with Crippen LogP contribution in [0.15, 0.2) is 36.8 Å². The summed E-state index contributed by atoms with van der Waals surface area (Å²) in [4.78, 5) is 19.8. The van der Waals surface area contributed by atoms with Crippen LogP contribution in [0.1, 0.15) is 37.3 Å². The zero-order valence-electron chi connectivity index (χ0n) is 16.9. The fourth-order valence-corrected chi connectivity index (χ4v) is 4.39. The summed E-state index contributed by atoms with van der Waals surface area (Å²) < 4.78 is 12.0. The molecule has 8 nitrogen and oxygen atoms in total. The van der Waals surface area contributed by atoms with Crippen LogP contribution in [0.3, 0.4) is 0 Å². The van der Waals surface area contributed by atoms with Crippen LogP contribution >= 0.6 is 0 Å². The molecular formula is C22H26N6O2. The molecule has 3 aromatic rings. The van der Waals surface area contributed by atoms with E-state index in [4.69, 9.17) is 15.2 Å². The Morgan fingerprint density at radius 2 is 1.77 bits per heavy atom. The molecule has 0 amide bonds. The summed E-state index contributed by atoms with van der Waals surface area (Å²) in [6.07, 6.45) is 9.33. The predicted molar refractivity (Wildman–Crippen MR) is 115 cm³/mol. The zero-order chi connectivity index (χ0) is 20.3. The van der Waals surface area contributed by atoms with Crippen molar-refractivity contribution in [3.05, 3.63) is 42.5 Å². The molecule has 1 saturated carbocycles. The largest absolute Gasteiger partial charge is 0.488 e. The van der Waals surface area contributed by atoms with E-state index < -0.39 is 0 Å². The maximum absolute atomic E-state index is 6.49. The second-order valence-electron chi connectivity index (χ2n) is 7.90. The van der Waals surface area contributed by atoms with E-state index >= 15 is 0 Å². The van der Waals surface area contributed by atoms with E-state index in [9.17, 15) is 0 Å². The fourth-order valence-electron chi connectivity index (χ4n) is 4.39. The van der Waals surface area contributed by atoms with Gasteiger partial charge in [0.1, 0.15) is 11.3 Å². The summed E-state index contributed by atoms with van der Waals surface area (Å²) in [5.41, 5.74) is 9.58. The summed E-state index contributed by atoms with van der Waals surface area (Å²) in [6.45, 7) is 3.23. The zero-order valence-corrected chi connectivity index (χ0v) is 16.9. The van der Waals surface area contributed by atoms with Gasteiger partial charge in [0.25, 0.3) is 0 Å². The van der Waals surface area contributed by atoms with Gasteiger partial charge in [0.15, 0.2) is 0 Å². The van der Waals surface area contributed by atoms with Crippen molar-refractivity contribution >= 4 is 22.7 Å². The van der Waals surface area contributed by atoms with Crippen molar-refractivity contribution in [2.75, 3.05) is 36.9 Å². The molecule has 0 bridgehead atoms. The first-order valence-corrected chi connectivity index (χ1v) is 10.6. The van der Waals surface area contributed by atoms with Crippen molar-refractivity contribution in [1.29, 1.82) is 0 Å². The molecule has 2 aliphatic rings. The Morgan fingerprint density at radius 3 is 2.57 bits per heavy atom. The Hall–Kier alpha value is -3.00. The molecule has 1 saturated heterocycles. The molecule has 1 aliphatic carbocycles. The quantitative estimate of drug-likeness (QED) is 0.706. The Bertz CT molecular complexity index is 1020. The van der Waals surface area contributed by atoms with Gasteiger partial charge >= 0.3 is 0 Å². The van der Waals surface area contributed by atoms with Crippen LogP contribution in [0.2, 0.25) is 0 Å². The van der Waals surface area contributed by atoms with Crippen molar-refractivity contribution in [3.8, 4) is 5.75 Å². The molecular weight excluding hydrogens is 380 g/mol. The highest BCUT2D eigenvalue weighted by Gasteiger charge is 2.26. The molecule has 2 fully saturated rings. The number of hydrogen-bond acceptors (Lipinski definition) is 8. The summed E-state index contributed by atoms with van der Waals surface area (Å²) in [6, 6.07) is 6.17. The van der Waals surface area contributed by atoms with Gasteiger partial charge < -0.3 is 20.1 Å². The van der Waals surface area contributed by atoms with Gasteiger partial charge in [-0.3, -0.25) is 4.98 Å². The topological polar surface area (TPSA) is 99.3 Å². The number of nitrogen functional groups attached to an aromatic ring is 1. The third-order valence-corrected chi connectivity index (χ3v) is 5.98. The SMILES string of the molecule is Nc1nccc([C@H]2CC[C@@H](Oc3cc(N4CCOCC4)cc4nccnc34)CC2)n1. The molecule has 0 radical (unpaired) electrons. The molecule has 30 heavy (non-hydrogen) atoms. The lowest BCUT2D eigenvalue weighted by atomic mass is 9.85. The van der Waals surface area contributed by atoms with E-state index in [2.05, 4.69) is 37.0 Å². The molecule has 5 rings (SSSR count). The van der Waals surface area contributed by atoms with E-state index in [0.29, 0.717) is 11.9 Å². The highest BCUT2D eigenvalue weighted by atomic mass is 16.5. The van der Waals surface area contributed by atoms with Gasteiger partial charge in [-0.2, -0.15) is 0 Å². The lowest BCUT2D eigenvalue weighted by Crippen LogP contribution is -2.36. The number of nitrogens with zero attached hydrogens (tertiary/aromatic N) is 5. The number of anilines is 2. The number of morpholine rings is 1. The lowest BCUT2D eigenvalue weighted by Gasteiger charge is -2.31. The van der Waals surface area contributed by atoms with Gasteiger partial charge in [0.05, 0.1) is 24.8 Å². The highest BCUT2D eigenvalue weighted by molar-refractivity contribution is 5.85. The Kier molecular flexibility index (Phi) is 5.31. The molecule has 156 valence electrons. The van der Waals surface area contributed by atoms with Crippen molar-refractivity contribution in [3.63, 3.8) is 0 Å². The molecule has 1 aromatic carbocycles. The third kappa shape index (κ3) is 4.00. The summed E-state index contributed by atoms with van der Waals surface area (Å²) in [7, 11) is 0. The Labute approximate surface area is 175 Å².